The third kappa shape index (κ3) is 13.1. The lowest BCUT2D eigenvalue weighted by Gasteiger charge is -2.02. The summed E-state index contributed by atoms with van der Waals surface area (Å²) >= 11 is 0. The lowest BCUT2D eigenvalue weighted by molar-refractivity contribution is -0.143. The number of ketones is 1. The number of Topliss-reactive ketones (excluding diaryl/α,β-unsaturated/α-hetero) is 1. The van der Waals surface area contributed by atoms with Gasteiger partial charge in [0.25, 0.3) is 0 Å². The molecule has 0 aliphatic heterocycles. The molecule has 0 bridgehead atoms. The second kappa shape index (κ2) is 13.3. The molecule has 0 amide bonds. The second-order valence-corrected chi connectivity index (χ2v) is 4.72. The van der Waals surface area contributed by atoms with Gasteiger partial charge in [-0.15, -0.1) is 0 Å². The number of esters is 1. The van der Waals surface area contributed by atoms with Crippen molar-refractivity contribution in [2.24, 2.45) is 0 Å². The number of carbonyl (C=O) groups is 2. The van der Waals surface area contributed by atoms with Crippen molar-refractivity contribution < 1.29 is 14.3 Å². The predicted molar refractivity (Wildman–Crippen MR) is 78.0 cm³/mol. The minimum atomic E-state index is -0.195. The van der Waals surface area contributed by atoms with Gasteiger partial charge in [-0.2, -0.15) is 0 Å². The topological polar surface area (TPSA) is 43.4 Å². The number of carbonyl (C=O) groups excluding carboxylic acids is 2. The molecule has 0 fully saturated rings. The van der Waals surface area contributed by atoms with Gasteiger partial charge in [0.2, 0.25) is 0 Å². The number of rotatable bonds is 12. The molecule has 0 spiro atoms. The van der Waals surface area contributed by atoms with Crippen molar-refractivity contribution in [3.63, 3.8) is 0 Å². The molecule has 0 saturated carbocycles. The smallest absolute Gasteiger partial charge is 0.305 e. The van der Waals surface area contributed by atoms with Crippen molar-refractivity contribution in [2.75, 3.05) is 6.61 Å². The van der Waals surface area contributed by atoms with E-state index in [-0.39, 0.29) is 11.8 Å². The monoisotopic (exact) mass is 268 g/mol. The highest BCUT2D eigenvalue weighted by Gasteiger charge is 2.05. The minimum Gasteiger partial charge on any atom is -0.466 e. The Bertz CT molecular complexity index is 269. The molecule has 0 N–H and O–H groups in total. The van der Waals surface area contributed by atoms with Crippen LogP contribution < -0.4 is 0 Å². The number of hydrogen-bond donors (Lipinski definition) is 0. The van der Waals surface area contributed by atoms with E-state index in [2.05, 4.69) is 12.2 Å². The Morgan fingerprint density at radius 2 is 1.63 bits per heavy atom. The van der Waals surface area contributed by atoms with E-state index in [1.165, 1.54) is 12.8 Å². The van der Waals surface area contributed by atoms with Gasteiger partial charge < -0.3 is 4.74 Å². The molecule has 0 unspecified atom stereocenters. The van der Waals surface area contributed by atoms with Crippen molar-refractivity contribution in [1.82, 2.24) is 0 Å². The van der Waals surface area contributed by atoms with Gasteiger partial charge in [-0.25, -0.2) is 0 Å². The van der Waals surface area contributed by atoms with Crippen LogP contribution in [0.25, 0.3) is 0 Å². The van der Waals surface area contributed by atoms with Crippen LogP contribution in [-0.2, 0) is 14.3 Å². The molecule has 0 rings (SSSR count). The largest absolute Gasteiger partial charge is 0.466 e. The summed E-state index contributed by atoms with van der Waals surface area (Å²) in [5.74, 6) is 0.0806. The van der Waals surface area contributed by atoms with Gasteiger partial charge in [-0.05, 0) is 39.5 Å². The molecule has 0 aliphatic rings. The van der Waals surface area contributed by atoms with Crippen LogP contribution >= 0.6 is 0 Å². The maximum atomic E-state index is 11.6. The van der Waals surface area contributed by atoms with E-state index in [1.54, 1.807) is 6.92 Å². The minimum absolute atomic E-state index is 0.195. The van der Waals surface area contributed by atoms with Crippen molar-refractivity contribution in [1.29, 1.82) is 0 Å². The first-order valence-electron chi connectivity index (χ1n) is 7.49. The van der Waals surface area contributed by atoms with Gasteiger partial charge >= 0.3 is 5.97 Å². The van der Waals surface area contributed by atoms with E-state index in [1.807, 2.05) is 6.92 Å². The average molecular weight is 268 g/mol. The van der Waals surface area contributed by atoms with Crippen LogP contribution in [0.3, 0.4) is 0 Å². The summed E-state index contributed by atoms with van der Waals surface area (Å²) in [6.07, 6.45) is 12.1. The van der Waals surface area contributed by atoms with Crippen LogP contribution in [0.4, 0.5) is 0 Å². The van der Waals surface area contributed by atoms with E-state index in [9.17, 15) is 9.59 Å². The summed E-state index contributed by atoms with van der Waals surface area (Å²) in [5.41, 5.74) is 0. The zero-order chi connectivity index (χ0) is 14.3. The zero-order valence-electron chi connectivity index (χ0n) is 12.5. The summed E-state index contributed by atoms with van der Waals surface area (Å²) < 4.78 is 4.81. The van der Waals surface area contributed by atoms with Crippen LogP contribution in [0.15, 0.2) is 12.2 Å². The first kappa shape index (κ1) is 17.9. The molecular weight excluding hydrogens is 240 g/mol. The summed E-state index contributed by atoms with van der Waals surface area (Å²) in [6, 6.07) is 0. The molecule has 3 nitrogen and oxygen atoms in total. The Morgan fingerprint density at radius 1 is 0.947 bits per heavy atom. The van der Waals surface area contributed by atoms with E-state index in [0.29, 0.717) is 32.3 Å². The fraction of sp³-hybridized carbons (Fsp3) is 0.750. The van der Waals surface area contributed by atoms with Crippen LogP contribution in [0, 0.1) is 0 Å². The van der Waals surface area contributed by atoms with Crippen LogP contribution in [-0.4, -0.2) is 18.4 Å². The van der Waals surface area contributed by atoms with Gasteiger partial charge in [0.15, 0.2) is 0 Å². The highest BCUT2D eigenvalue weighted by Crippen LogP contribution is 2.09. The highest BCUT2D eigenvalue weighted by atomic mass is 16.5. The van der Waals surface area contributed by atoms with E-state index in [4.69, 9.17) is 4.74 Å². The Morgan fingerprint density at radius 3 is 2.32 bits per heavy atom. The van der Waals surface area contributed by atoms with Gasteiger partial charge in [0, 0.05) is 19.3 Å². The highest BCUT2D eigenvalue weighted by molar-refractivity contribution is 5.79. The lowest BCUT2D eigenvalue weighted by Crippen LogP contribution is -2.05. The molecular formula is C16H28O3. The van der Waals surface area contributed by atoms with Gasteiger partial charge in [-0.1, -0.05) is 25.0 Å². The van der Waals surface area contributed by atoms with Crippen molar-refractivity contribution in [3.05, 3.63) is 12.2 Å². The van der Waals surface area contributed by atoms with Crippen molar-refractivity contribution in [2.45, 2.75) is 71.6 Å². The maximum absolute atomic E-state index is 11.6. The second-order valence-electron chi connectivity index (χ2n) is 4.72. The Labute approximate surface area is 117 Å². The quantitative estimate of drug-likeness (QED) is 0.302. The van der Waals surface area contributed by atoms with Gasteiger partial charge in [-0.3, -0.25) is 9.59 Å². The molecule has 0 aliphatic carbocycles. The summed E-state index contributed by atoms with van der Waals surface area (Å²) in [4.78, 5) is 22.6. The maximum Gasteiger partial charge on any atom is 0.305 e. The standard InChI is InChI=1S/C16H28O3/c1-3-5-6-7-8-9-10-12-15(17)13-11-14-16(18)19-4-2/h3,5H,4,6-14H2,1-2H3/b5-3-. The molecule has 0 aromatic carbocycles. The summed E-state index contributed by atoms with van der Waals surface area (Å²) in [7, 11) is 0. The van der Waals surface area contributed by atoms with Gasteiger partial charge in [0.1, 0.15) is 5.78 Å². The fourth-order valence-corrected chi connectivity index (χ4v) is 1.89. The lowest BCUT2D eigenvalue weighted by atomic mass is 10.1. The SMILES string of the molecule is C/C=C\CCCCCCC(=O)CCCC(=O)OCC. The predicted octanol–water partition coefficient (Wildman–Crippen LogP) is 4.21. The molecule has 0 aromatic rings. The normalized spacial score (nSPS) is 10.8. The van der Waals surface area contributed by atoms with Crippen LogP contribution in [0.5, 0.6) is 0 Å². The molecule has 0 heterocycles. The Balaban J connectivity index is 3.32. The Hall–Kier alpha value is -1.12. The molecule has 0 radical (unpaired) electrons. The summed E-state index contributed by atoms with van der Waals surface area (Å²) in [6.45, 7) is 4.24. The molecule has 3 heteroatoms. The summed E-state index contributed by atoms with van der Waals surface area (Å²) in [5, 5.41) is 0. The van der Waals surface area contributed by atoms with Gasteiger partial charge in [0.05, 0.1) is 6.61 Å². The average Bonchev–Trinajstić information content (AvgIpc) is 2.38. The molecule has 0 saturated heterocycles. The first-order chi connectivity index (χ1) is 9.20. The number of unbranched alkanes of at least 4 members (excludes halogenated alkanes) is 4. The van der Waals surface area contributed by atoms with Crippen LogP contribution in [0.1, 0.15) is 71.6 Å². The van der Waals surface area contributed by atoms with E-state index in [0.717, 1.165) is 19.3 Å². The fourth-order valence-electron chi connectivity index (χ4n) is 1.89. The van der Waals surface area contributed by atoms with E-state index < -0.39 is 0 Å². The third-order valence-corrected chi connectivity index (χ3v) is 2.95. The molecule has 0 aromatic heterocycles. The third-order valence-electron chi connectivity index (χ3n) is 2.95. The van der Waals surface area contributed by atoms with Crippen LogP contribution in [0.2, 0.25) is 0 Å². The Kier molecular flexibility index (Phi) is 12.5. The number of allylic oxidation sites excluding steroid dienone is 2. The van der Waals surface area contributed by atoms with E-state index >= 15 is 0 Å². The van der Waals surface area contributed by atoms with Crippen molar-refractivity contribution >= 4 is 11.8 Å². The number of hydrogen-bond acceptors (Lipinski definition) is 3. The van der Waals surface area contributed by atoms with Crippen molar-refractivity contribution in [3.8, 4) is 0 Å². The number of ether oxygens (including phenoxy) is 1. The molecule has 110 valence electrons. The molecule has 19 heavy (non-hydrogen) atoms. The first-order valence-corrected chi connectivity index (χ1v) is 7.49. The zero-order valence-corrected chi connectivity index (χ0v) is 12.5. The molecule has 0 atom stereocenters.